The fraction of sp³-hybridized carbons (Fsp3) is 0.600. The van der Waals surface area contributed by atoms with Crippen molar-refractivity contribution in [2.24, 2.45) is 0 Å². The molecule has 0 saturated heterocycles. The minimum Gasteiger partial charge on any atom is -0.508 e. The van der Waals surface area contributed by atoms with Crippen LogP contribution in [0.4, 0.5) is 0 Å². The SMILES string of the molecule is Cc1cc(C(C)(C)C)c(O)cc1C(C)(C)CO. The molecule has 1 aromatic rings. The Balaban J connectivity index is 3.38. The van der Waals surface area contributed by atoms with Crippen LogP contribution < -0.4 is 0 Å². The maximum absolute atomic E-state index is 10.1. The van der Waals surface area contributed by atoms with Crippen molar-refractivity contribution in [1.29, 1.82) is 0 Å². The molecule has 0 heterocycles. The summed E-state index contributed by atoms with van der Waals surface area (Å²) in [5, 5.41) is 19.5. The van der Waals surface area contributed by atoms with Gasteiger partial charge in [-0.2, -0.15) is 0 Å². The predicted octanol–water partition coefficient (Wildman–Crippen LogP) is 3.27. The third-order valence-electron chi connectivity index (χ3n) is 3.28. The number of benzene rings is 1. The molecule has 0 aromatic heterocycles. The van der Waals surface area contributed by atoms with Gasteiger partial charge in [0, 0.05) is 5.41 Å². The minimum absolute atomic E-state index is 0.0716. The molecule has 0 amide bonds. The van der Waals surface area contributed by atoms with Crippen molar-refractivity contribution in [2.45, 2.75) is 52.4 Å². The lowest BCUT2D eigenvalue weighted by Crippen LogP contribution is -2.24. The molecule has 2 heteroatoms. The van der Waals surface area contributed by atoms with Crippen LogP contribution in [0.5, 0.6) is 5.75 Å². The molecule has 0 aliphatic heterocycles. The van der Waals surface area contributed by atoms with Gasteiger partial charge in [0.05, 0.1) is 6.61 Å². The summed E-state index contributed by atoms with van der Waals surface area (Å²) in [6.45, 7) is 12.3. The van der Waals surface area contributed by atoms with Crippen molar-refractivity contribution in [3.8, 4) is 5.75 Å². The van der Waals surface area contributed by atoms with E-state index in [1.807, 2.05) is 26.8 Å². The summed E-state index contributed by atoms with van der Waals surface area (Å²) in [6, 6.07) is 3.83. The molecular weight excluding hydrogens is 212 g/mol. The molecule has 0 radical (unpaired) electrons. The Morgan fingerprint density at radius 3 is 1.94 bits per heavy atom. The average molecular weight is 236 g/mol. The van der Waals surface area contributed by atoms with Gasteiger partial charge in [-0.25, -0.2) is 0 Å². The van der Waals surface area contributed by atoms with E-state index in [2.05, 4.69) is 20.8 Å². The monoisotopic (exact) mass is 236 g/mol. The highest BCUT2D eigenvalue weighted by molar-refractivity contribution is 5.47. The Hall–Kier alpha value is -1.02. The van der Waals surface area contributed by atoms with Crippen LogP contribution in [0.2, 0.25) is 0 Å². The van der Waals surface area contributed by atoms with Crippen LogP contribution in [0.25, 0.3) is 0 Å². The quantitative estimate of drug-likeness (QED) is 0.827. The Morgan fingerprint density at radius 1 is 1.00 bits per heavy atom. The molecule has 0 aliphatic rings. The van der Waals surface area contributed by atoms with Gasteiger partial charge in [0.25, 0.3) is 0 Å². The van der Waals surface area contributed by atoms with Gasteiger partial charge < -0.3 is 10.2 Å². The van der Waals surface area contributed by atoms with E-state index in [-0.39, 0.29) is 17.4 Å². The fourth-order valence-electron chi connectivity index (χ4n) is 2.11. The third kappa shape index (κ3) is 2.81. The molecule has 0 saturated carbocycles. The second kappa shape index (κ2) is 4.34. The van der Waals surface area contributed by atoms with Crippen molar-refractivity contribution >= 4 is 0 Å². The van der Waals surface area contributed by atoms with E-state index in [1.165, 1.54) is 0 Å². The Bertz CT molecular complexity index is 412. The number of aliphatic hydroxyl groups excluding tert-OH is 1. The highest BCUT2D eigenvalue weighted by Gasteiger charge is 2.25. The van der Waals surface area contributed by atoms with Crippen LogP contribution >= 0.6 is 0 Å². The number of aromatic hydroxyl groups is 1. The molecule has 1 aromatic carbocycles. The number of aryl methyl sites for hydroxylation is 1. The Labute approximate surface area is 104 Å². The van der Waals surface area contributed by atoms with Gasteiger partial charge >= 0.3 is 0 Å². The van der Waals surface area contributed by atoms with Gasteiger partial charge in [-0.05, 0) is 35.1 Å². The zero-order valence-corrected chi connectivity index (χ0v) is 11.8. The van der Waals surface area contributed by atoms with E-state index in [0.717, 1.165) is 16.7 Å². The second-order valence-electron chi connectivity index (χ2n) is 6.48. The molecule has 0 unspecified atom stereocenters. The number of phenols is 1. The molecule has 0 fully saturated rings. The average Bonchev–Trinajstić information content (AvgIpc) is 2.19. The van der Waals surface area contributed by atoms with Crippen LogP contribution in [0.15, 0.2) is 12.1 Å². The molecule has 0 atom stereocenters. The molecule has 17 heavy (non-hydrogen) atoms. The predicted molar refractivity (Wildman–Crippen MR) is 71.7 cm³/mol. The molecule has 0 bridgehead atoms. The van der Waals surface area contributed by atoms with Crippen molar-refractivity contribution in [2.75, 3.05) is 6.61 Å². The largest absolute Gasteiger partial charge is 0.508 e. The first-order chi connectivity index (χ1) is 7.59. The fourth-order valence-corrected chi connectivity index (χ4v) is 2.11. The van der Waals surface area contributed by atoms with E-state index in [9.17, 15) is 10.2 Å². The van der Waals surface area contributed by atoms with Crippen molar-refractivity contribution < 1.29 is 10.2 Å². The first-order valence-electron chi connectivity index (χ1n) is 6.05. The van der Waals surface area contributed by atoms with Gasteiger partial charge in [-0.3, -0.25) is 0 Å². The molecule has 1 rings (SSSR count). The van der Waals surface area contributed by atoms with Gasteiger partial charge in [0.1, 0.15) is 5.75 Å². The Kier molecular flexibility index (Phi) is 3.58. The number of aliphatic hydroxyl groups is 1. The lowest BCUT2D eigenvalue weighted by atomic mass is 9.78. The summed E-state index contributed by atoms with van der Waals surface area (Å²) in [6.07, 6.45) is 0. The summed E-state index contributed by atoms with van der Waals surface area (Å²) in [5.41, 5.74) is 2.68. The first-order valence-corrected chi connectivity index (χ1v) is 6.05. The maximum Gasteiger partial charge on any atom is 0.119 e. The number of phenolic OH excluding ortho intramolecular Hbond substituents is 1. The highest BCUT2D eigenvalue weighted by atomic mass is 16.3. The van der Waals surface area contributed by atoms with E-state index < -0.39 is 0 Å². The van der Waals surface area contributed by atoms with Gasteiger partial charge in [-0.15, -0.1) is 0 Å². The molecule has 2 N–H and O–H groups in total. The zero-order chi connectivity index (χ0) is 13.4. The molecule has 0 aliphatic carbocycles. The zero-order valence-electron chi connectivity index (χ0n) is 11.8. The van der Waals surface area contributed by atoms with Gasteiger partial charge in [-0.1, -0.05) is 40.7 Å². The summed E-state index contributed by atoms with van der Waals surface area (Å²) < 4.78 is 0. The lowest BCUT2D eigenvalue weighted by molar-refractivity contribution is 0.217. The normalized spacial score (nSPS) is 12.9. The smallest absolute Gasteiger partial charge is 0.119 e. The molecular formula is C15H24O2. The van der Waals surface area contributed by atoms with Gasteiger partial charge in [0.2, 0.25) is 0 Å². The lowest BCUT2D eigenvalue weighted by Gasteiger charge is -2.28. The molecule has 96 valence electrons. The van der Waals surface area contributed by atoms with Crippen LogP contribution in [-0.4, -0.2) is 16.8 Å². The Morgan fingerprint density at radius 2 is 1.53 bits per heavy atom. The topological polar surface area (TPSA) is 40.5 Å². The number of hydrogen-bond donors (Lipinski definition) is 2. The summed E-state index contributed by atoms with van der Waals surface area (Å²) in [4.78, 5) is 0. The molecule has 2 nitrogen and oxygen atoms in total. The summed E-state index contributed by atoms with van der Waals surface area (Å²) in [7, 11) is 0. The van der Waals surface area contributed by atoms with Crippen LogP contribution in [0.1, 0.15) is 51.3 Å². The summed E-state index contributed by atoms with van der Waals surface area (Å²) >= 11 is 0. The minimum atomic E-state index is -0.321. The van der Waals surface area contributed by atoms with Crippen LogP contribution in [0.3, 0.4) is 0 Å². The standard InChI is InChI=1S/C15H24O2/c1-10-7-12(14(2,3)4)13(17)8-11(10)15(5,6)9-16/h7-8,16-17H,9H2,1-6H3. The van der Waals surface area contributed by atoms with E-state index in [1.54, 1.807) is 6.07 Å². The first kappa shape index (κ1) is 14.0. The number of hydrogen-bond acceptors (Lipinski definition) is 2. The third-order valence-corrected chi connectivity index (χ3v) is 3.28. The number of rotatable bonds is 2. The van der Waals surface area contributed by atoms with Gasteiger partial charge in [0.15, 0.2) is 0 Å². The molecule has 0 spiro atoms. The van der Waals surface area contributed by atoms with Crippen LogP contribution in [0, 0.1) is 6.92 Å². The van der Waals surface area contributed by atoms with Crippen molar-refractivity contribution in [1.82, 2.24) is 0 Å². The highest BCUT2D eigenvalue weighted by Crippen LogP contribution is 2.36. The summed E-state index contributed by atoms with van der Waals surface area (Å²) in [5.74, 6) is 0.319. The van der Waals surface area contributed by atoms with E-state index >= 15 is 0 Å². The van der Waals surface area contributed by atoms with E-state index in [0.29, 0.717) is 5.75 Å². The van der Waals surface area contributed by atoms with Crippen molar-refractivity contribution in [3.63, 3.8) is 0 Å². The maximum atomic E-state index is 10.1. The van der Waals surface area contributed by atoms with Crippen LogP contribution in [-0.2, 0) is 10.8 Å². The van der Waals surface area contributed by atoms with E-state index in [4.69, 9.17) is 0 Å². The van der Waals surface area contributed by atoms with Crippen molar-refractivity contribution in [3.05, 3.63) is 28.8 Å². The second-order valence-corrected chi connectivity index (χ2v) is 6.48.